The van der Waals surface area contributed by atoms with Crippen LogP contribution in [0, 0.1) is 0 Å². The van der Waals surface area contributed by atoms with Crippen LogP contribution in [0.3, 0.4) is 0 Å². The Kier molecular flexibility index (Phi) is 8.38. The first-order valence-corrected chi connectivity index (χ1v) is 30.3. The van der Waals surface area contributed by atoms with Crippen molar-refractivity contribution in [1.29, 1.82) is 0 Å². The topological polar surface area (TPSA) is 46.2 Å². The van der Waals surface area contributed by atoms with E-state index in [4.69, 9.17) is 17.1 Å². The standard InChI is InChI=1S/C15H45AsO5Si5/c1-22(2,3)17-16(18-23(4,5)6,19-24(7,8)9,20-25(10,11)12)21-26(13,14)15/h1-15H3. The molecule has 0 aliphatic rings. The third kappa shape index (κ3) is 11.4. The predicted octanol–water partition coefficient (Wildman–Crippen LogP) is 6.13. The number of hydrogen-bond donors (Lipinski definition) is 0. The summed E-state index contributed by atoms with van der Waals surface area (Å²) in [6.45, 7) is 32.4. The van der Waals surface area contributed by atoms with Crippen molar-refractivity contribution in [2.45, 2.75) is 98.2 Å². The molecule has 11 heteroatoms. The first-order valence-electron chi connectivity index (χ1n) is 9.43. The van der Waals surface area contributed by atoms with Crippen molar-refractivity contribution in [3.8, 4) is 0 Å². The molecule has 0 aliphatic heterocycles. The van der Waals surface area contributed by atoms with Gasteiger partial charge in [0.2, 0.25) is 0 Å². The van der Waals surface area contributed by atoms with E-state index in [9.17, 15) is 0 Å². The van der Waals surface area contributed by atoms with Gasteiger partial charge in [-0.15, -0.1) is 0 Å². The van der Waals surface area contributed by atoms with E-state index in [1.807, 2.05) is 0 Å². The summed E-state index contributed by atoms with van der Waals surface area (Å²) >= 11 is -4.95. The van der Waals surface area contributed by atoms with Gasteiger partial charge >= 0.3 is 171 Å². The van der Waals surface area contributed by atoms with Crippen LogP contribution in [-0.4, -0.2) is 55.7 Å². The monoisotopic (exact) mass is 520 g/mol. The van der Waals surface area contributed by atoms with Crippen molar-refractivity contribution in [2.24, 2.45) is 0 Å². The van der Waals surface area contributed by atoms with Gasteiger partial charge < -0.3 is 0 Å². The Hall–Kier alpha value is 1.44. The van der Waals surface area contributed by atoms with Gasteiger partial charge in [-0.1, -0.05) is 0 Å². The van der Waals surface area contributed by atoms with Gasteiger partial charge in [-0.25, -0.2) is 0 Å². The Balaban J connectivity index is 6.89. The summed E-state index contributed by atoms with van der Waals surface area (Å²) in [5.74, 6) is 0. The number of rotatable bonds is 10. The maximum atomic E-state index is 6.89. The minimum absolute atomic E-state index is 2.10. The minimum atomic E-state index is -4.95. The van der Waals surface area contributed by atoms with Gasteiger partial charge in [-0.2, -0.15) is 0 Å². The van der Waals surface area contributed by atoms with Crippen molar-refractivity contribution >= 4 is 55.7 Å². The molecule has 0 fully saturated rings. The average Bonchev–Trinajstić information content (AvgIpc) is 1.95. The molecule has 0 aliphatic carbocycles. The third-order valence-corrected chi connectivity index (χ3v) is 33.0. The zero-order chi connectivity index (χ0) is 21.5. The van der Waals surface area contributed by atoms with Crippen LogP contribution < -0.4 is 0 Å². The SMILES string of the molecule is C[Si](C)(C)O[As](O[Si](C)(C)C)(O[Si](C)(C)C)(O[Si](C)(C)C)O[Si](C)(C)C. The van der Waals surface area contributed by atoms with Gasteiger partial charge in [-0.3, -0.25) is 0 Å². The van der Waals surface area contributed by atoms with E-state index in [-0.39, 0.29) is 0 Å². The van der Waals surface area contributed by atoms with Crippen molar-refractivity contribution < 1.29 is 17.1 Å². The molecule has 0 saturated carbocycles. The zero-order valence-electron chi connectivity index (χ0n) is 20.0. The summed E-state index contributed by atoms with van der Waals surface area (Å²) in [7, 11) is -10.5. The second-order valence-corrected chi connectivity index (χ2v) is 42.7. The van der Waals surface area contributed by atoms with Gasteiger partial charge in [-0.05, 0) is 0 Å². The van der Waals surface area contributed by atoms with Crippen molar-refractivity contribution in [3.05, 3.63) is 0 Å². The van der Waals surface area contributed by atoms with E-state index in [2.05, 4.69) is 98.2 Å². The molecule has 0 radical (unpaired) electrons. The summed E-state index contributed by atoms with van der Waals surface area (Å²) in [6.07, 6.45) is 0. The maximum absolute atomic E-state index is 6.89. The molecule has 0 heterocycles. The molecule has 0 rings (SSSR count). The van der Waals surface area contributed by atoms with Crippen LogP contribution in [0.15, 0.2) is 0 Å². The fraction of sp³-hybridized carbons (Fsp3) is 1.00. The molecule has 0 unspecified atom stereocenters. The summed E-state index contributed by atoms with van der Waals surface area (Å²) in [5.41, 5.74) is 0. The van der Waals surface area contributed by atoms with E-state index < -0.39 is 55.7 Å². The molecule has 0 amide bonds. The summed E-state index contributed by atoms with van der Waals surface area (Å²) in [6, 6.07) is 0. The van der Waals surface area contributed by atoms with Gasteiger partial charge in [0.25, 0.3) is 0 Å². The fourth-order valence-corrected chi connectivity index (χ4v) is 43.6. The molecule has 0 aromatic rings. The molecule has 0 bridgehead atoms. The van der Waals surface area contributed by atoms with Crippen LogP contribution in [-0.2, 0) is 17.1 Å². The Morgan fingerprint density at radius 2 is 0.423 bits per heavy atom. The Morgan fingerprint density at radius 3 is 0.500 bits per heavy atom. The summed E-state index contributed by atoms with van der Waals surface area (Å²) in [5, 5.41) is 0. The summed E-state index contributed by atoms with van der Waals surface area (Å²) in [4.78, 5) is 0. The van der Waals surface area contributed by atoms with Gasteiger partial charge in [0.1, 0.15) is 0 Å². The third-order valence-electron chi connectivity index (χ3n) is 2.11. The van der Waals surface area contributed by atoms with E-state index in [0.717, 1.165) is 0 Å². The second kappa shape index (κ2) is 7.94. The van der Waals surface area contributed by atoms with Crippen molar-refractivity contribution in [3.63, 3.8) is 0 Å². The number of hydrogen-bond acceptors (Lipinski definition) is 5. The predicted molar refractivity (Wildman–Crippen MR) is 128 cm³/mol. The van der Waals surface area contributed by atoms with Gasteiger partial charge in [0.05, 0.1) is 0 Å². The van der Waals surface area contributed by atoms with Crippen LogP contribution in [0.2, 0.25) is 98.2 Å². The first-order chi connectivity index (χ1) is 10.8. The quantitative estimate of drug-likeness (QED) is 0.324. The molecule has 0 saturated heterocycles. The van der Waals surface area contributed by atoms with Crippen LogP contribution in [0.4, 0.5) is 0 Å². The van der Waals surface area contributed by atoms with Gasteiger partial charge in [0.15, 0.2) is 0 Å². The first kappa shape index (κ1) is 27.4. The van der Waals surface area contributed by atoms with Crippen molar-refractivity contribution in [1.82, 2.24) is 0 Å². The Labute approximate surface area is 170 Å². The molecule has 0 aromatic heterocycles. The Morgan fingerprint density at radius 1 is 0.308 bits per heavy atom. The summed E-state index contributed by atoms with van der Waals surface area (Å²) < 4.78 is 34.4. The molecular formula is C15H45AsO5Si5. The van der Waals surface area contributed by atoms with E-state index in [1.165, 1.54) is 0 Å². The van der Waals surface area contributed by atoms with E-state index in [0.29, 0.717) is 0 Å². The van der Waals surface area contributed by atoms with Crippen LogP contribution in [0.1, 0.15) is 0 Å². The molecular weight excluding hydrogens is 476 g/mol. The molecule has 5 nitrogen and oxygen atoms in total. The van der Waals surface area contributed by atoms with E-state index in [1.54, 1.807) is 0 Å². The molecule has 0 atom stereocenters. The molecule has 0 aromatic carbocycles. The normalized spacial score (nSPS) is 17.1. The van der Waals surface area contributed by atoms with E-state index >= 15 is 0 Å². The fourth-order valence-electron chi connectivity index (χ4n) is 2.42. The van der Waals surface area contributed by atoms with Crippen LogP contribution >= 0.6 is 0 Å². The molecule has 26 heavy (non-hydrogen) atoms. The van der Waals surface area contributed by atoms with Crippen molar-refractivity contribution in [2.75, 3.05) is 0 Å². The Bertz CT molecular complexity index is 373. The average molecular weight is 521 g/mol. The second-order valence-electron chi connectivity index (χ2n) is 11.8. The molecule has 160 valence electrons. The molecule has 0 spiro atoms. The van der Waals surface area contributed by atoms with Crippen LogP contribution in [0.25, 0.3) is 0 Å². The zero-order valence-corrected chi connectivity index (χ0v) is 26.9. The van der Waals surface area contributed by atoms with Crippen LogP contribution in [0.5, 0.6) is 0 Å². The van der Waals surface area contributed by atoms with Gasteiger partial charge in [0, 0.05) is 0 Å². The molecule has 0 N–H and O–H groups in total.